The summed E-state index contributed by atoms with van der Waals surface area (Å²) in [6, 6.07) is 10.4. The third-order valence-electron chi connectivity index (χ3n) is 4.98. The van der Waals surface area contributed by atoms with Crippen molar-refractivity contribution in [3.05, 3.63) is 53.8 Å². The maximum Gasteiger partial charge on any atom is 0.271 e. The van der Waals surface area contributed by atoms with E-state index in [1.165, 1.54) is 29.2 Å². The van der Waals surface area contributed by atoms with Crippen LogP contribution in [0.2, 0.25) is 0 Å². The van der Waals surface area contributed by atoms with Crippen molar-refractivity contribution in [3.8, 4) is 5.75 Å². The predicted molar refractivity (Wildman–Crippen MR) is 109 cm³/mol. The van der Waals surface area contributed by atoms with Crippen LogP contribution >= 0.6 is 0 Å². The van der Waals surface area contributed by atoms with E-state index in [0.717, 1.165) is 12.8 Å². The first-order chi connectivity index (χ1) is 14.2. The first kappa shape index (κ1) is 19.9. The number of fused-ring (bicyclic) bond motifs is 1. The molecule has 2 N–H and O–H groups in total. The second kappa shape index (κ2) is 7.44. The van der Waals surface area contributed by atoms with Gasteiger partial charge in [-0.2, -0.15) is 0 Å². The van der Waals surface area contributed by atoms with E-state index in [4.69, 9.17) is 4.74 Å². The third kappa shape index (κ3) is 4.12. The Morgan fingerprint density at radius 2 is 1.87 bits per heavy atom. The fraction of sp³-hybridized carbons (Fsp3) is 0.318. The SMILES string of the molecule is CC1(C)Oc2ccc(C(=O)NC3CC3)cc2N(CC(=O)Nc2ccc(F)cc2)C1=O. The lowest BCUT2D eigenvalue weighted by atomic mass is 10.0. The third-order valence-corrected chi connectivity index (χ3v) is 4.98. The standard InChI is InChI=1S/C22H22FN3O4/c1-22(2)21(29)26(12-19(27)24-15-6-4-14(23)5-7-15)17-11-13(3-10-18(17)30-22)20(28)25-16-8-9-16/h3-7,10-11,16H,8-9,12H2,1-2H3,(H,24,27)(H,25,28). The van der Waals surface area contributed by atoms with Gasteiger partial charge < -0.3 is 15.4 Å². The van der Waals surface area contributed by atoms with Gasteiger partial charge in [0, 0.05) is 17.3 Å². The summed E-state index contributed by atoms with van der Waals surface area (Å²) in [7, 11) is 0. The minimum atomic E-state index is -1.17. The number of nitrogens with one attached hydrogen (secondary N) is 2. The number of halogens is 1. The molecule has 2 aromatic rings. The maximum atomic E-state index is 13.1. The number of benzene rings is 2. The maximum absolute atomic E-state index is 13.1. The van der Waals surface area contributed by atoms with Crippen molar-refractivity contribution in [3.63, 3.8) is 0 Å². The first-order valence-corrected chi connectivity index (χ1v) is 9.74. The zero-order valence-electron chi connectivity index (χ0n) is 16.7. The van der Waals surface area contributed by atoms with Crippen LogP contribution in [0.15, 0.2) is 42.5 Å². The fourth-order valence-corrected chi connectivity index (χ4v) is 3.24. The van der Waals surface area contributed by atoms with Crippen LogP contribution in [-0.4, -0.2) is 35.9 Å². The number of amides is 3. The highest BCUT2D eigenvalue weighted by Gasteiger charge is 2.42. The van der Waals surface area contributed by atoms with E-state index in [9.17, 15) is 18.8 Å². The Kier molecular flexibility index (Phi) is 4.93. The van der Waals surface area contributed by atoms with E-state index in [2.05, 4.69) is 10.6 Å². The molecule has 2 aliphatic rings. The molecule has 1 aliphatic carbocycles. The lowest BCUT2D eigenvalue weighted by molar-refractivity contribution is -0.133. The Bertz CT molecular complexity index is 1020. The highest BCUT2D eigenvalue weighted by molar-refractivity contribution is 6.08. The van der Waals surface area contributed by atoms with E-state index in [0.29, 0.717) is 22.7 Å². The summed E-state index contributed by atoms with van der Waals surface area (Å²) in [5.74, 6) is -1.08. The van der Waals surface area contributed by atoms with Crippen LogP contribution in [-0.2, 0) is 9.59 Å². The smallest absolute Gasteiger partial charge is 0.271 e. The van der Waals surface area contributed by atoms with Crippen LogP contribution in [0, 0.1) is 5.82 Å². The van der Waals surface area contributed by atoms with E-state index in [1.54, 1.807) is 32.0 Å². The molecule has 1 saturated carbocycles. The molecule has 0 atom stereocenters. The van der Waals surface area contributed by atoms with E-state index in [-0.39, 0.29) is 18.5 Å². The van der Waals surface area contributed by atoms with Crippen molar-refractivity contribution >= 4 is 29.1 Å². The average molecular weight is 411 g/mol. The molecule has 3 amide bonds. The van der Waals surface area contributed by atoms with Crippen LogP contribution in [0.1, 0.15) is 37.0 Å². The summed E-state index contributed by atoms with van der Waals surface area (Å²) in [5, 5.41) is 5.55. The van der Waals surface area contributed by atoms with E-state index < -0.39 is 23.2 Å². The van der Waals surface area contributed by atoms with Crippen molar-refractivity contribution in [1.82, 2.24) is 5.32 Å². The average Bonchev–Trinajstić information content (AvgIpc) is 3.51. The number of rotatable bonds is 5. The van der Waals surface area contributed by atoms with Gasteiger partial charge >= 0.3 is 0 Å². The van der Waals surface area contributed by atoms with Gasteiger partial charge in [0.1, 0.15) is 18.1 Å². The van der Waals surface area contributed by atoms with Crippen molar-refractivity contribution < 1.29 is 23.5 Å². The van der Waals surface area contributed by atoms with Crippen molar-refractivity contribution in [2.45, 2.75) is 38.3 Å². The minimum absolute atomic E-state index is 0.197. The Balaban J connectivity index is 1.59. The molecule has 0 saturated heterocycles. The number of hydrogen-bond acceptors (Lipinski definition) is 4. The molecule has 2 aromatic carbocycles. The molecule has 0 spiro atoms. The molecule has 7 nitrogen and oxygen atoms in total. The van der Waals surface area contributed by atoms with Crippen molar-refractivity contribution in [2.75, 3.05) is 16.8 Å². The summed E-state index contributed by atoms with van der Waals surface area (Å²) < 4.78 is 18.9. The fourth-order valence-electron chi connectivity index (χ4n) is 3.24. The van der Waals surface area contributed by atoms with Crippen LogP contribution in [0.3, 0.4) is 0 Å². The molecule has 1 fully saturated rings. The van der Waals surface area contributed by atoms with Gasteiger partial charge in [0.25, 0.3) is 11.8 Å². The molecule has 0 aromatic heterocycles. The summed E-state index contributed by atoms with van der Waals surface area (Å²) in [6.45, 7) is 2.97. The Hall–Kier alpha value is -3.42. The van der Waals surface area contributed by atoms with E-state index in [1.807, 2.05) is 0 Å². The molecule has 1 heterocycles. The summed E-state index contributed by atoms with van der Waals surface area (Å²) in [5.41, 5.74) is -0.00195. The van der Waals surface area contributed by atoms with Crippen LogP contribution < -0.4 is 20.3 Å². The van der Waals surface area contributed by atoms with Crippen molar-refractivity contribution in [1.29, 1.82) is 0 Å². The number of anilines is 2. The number of hydrogen-bond donors (Lipinski definition) is 2. The zero-order valence-corrected chi connectivity index (χ0v) is 16.7. The van der Waals surface area contributed by atoms with Gasteiger partial charge in [-0.05, 0) is 69.2 Å². The van der Waals surface area contributed by atoms with Gasteiger partial charge in [-0.25, -0.2) is 4.39 Å². The number of nitrogens with zero attached hydrogens (tertiary/aromatic N) is 1. The summed E-state index contributed by atoms with van der Waals surface area (Å²) in [4.78, 5) is 39.3. The number of carbonyl (C=O) groups excluding carboxylic acids is 3. The van der Waals surface area contributed by atoms with Gasteiger partial charge in [0.05, 0.1) is 5.69 Å². The molecule has 0 bridgehead atoms. The number of ether oxygens (including phenoxy) is 1. The molecule has 4 rings (SSSR count). The molecule has 0 radical (unpaired) electrons. The highest BCUT2D eigenvalue weighted by Crippen LogP contribution is 2.38. The summed E-state index contributed by atoms with van der Waals surface area (Å²) >= 11 is 0. The Labute approximate surface area is 173 Å². The summed E-state index contributed by atoms with van der Waals surface area (Å²) in [6.07, 6.45) is 1.92. The molecule has 0 unspecified atom stereocenters. The predicted octanol–water partition coefficient (Wildman–Crippen LogP) is 2.86. The quantitative estimate of drug-likeness (QED) is 0.792. The minimum Gasteiger partial charge on any atom is -0.476 e. The molecule has 156 valence electrons. The topological polar surface area (TPSA) is 87.7 Å². The number of carbonyl (C=O) groups is 3. The Morgan fingerprint density at radius 3 is 2.53 bits per heavy atom. The highest BCUT2D eigenvalue weighted by atomic mass is 19.1. The molecule has 8 heteroatoms. The first-order valence-electron chi connectivity index (χ1n) is 9.74. The van der Waals surface area contributed by atoms with Crippen LogP contribution in [0.4, 0.5) is 15.8 Å². The zero-order chi connectivity index (χ0) is 21.5. The van der Waals surface area contributed by atoms with Gasteiger partial charge in [0.15, 0.2) is 5.60 Å². The monoisotopic (exact) mass is 411 g/mol. The second-order valence-corrected chi connectivity index (χ2v) is 7.99. The van der Waals surface area contributed by atoms with Crippen LogP contribution in [0.5, 0.6) is 5.75 Å². The van der Waals surface area contributed by atoms with Gasteiger partial charge in [-0.1, -0.05) is 0 Å². The largest absolute Gasteiger partial charge is 0.476 e. The molecule has 1 aliphatic heterocycles. The normalized spacial score (nSPS) is 17.0. The second-order valence-electron chi connectivity index (χ2n) is 7.99. The lowest BCUT2D eigenvalue weighted by Gasteiger charge is -2.38. The molecular formula is C22H22FN3O4. The Morgan fingerprint density at radius 1 is 1.17 bits per heavy atom. The van der Waals surface area contributed by atoms with Gasteiger partial charge in [0.2, 0.25) is 5.91 Å². The van der Waals surface area contributed by atoms with Crippen molar-refractivity contribution in [2.24, 2.45) is 0 Å². The van der Waals surface area contributed by atoms with Gasteiger partial charge in [-0.15, -0.1) is 0 Å². The molecule has 30 heavy (non-hydrogen) atoms. The van der Waals surface area contributed by atoms with Crippen LogP contribution in [0.25, 0.3) is 0 Å². The molecular weight excluding hydrogens is 389 g/mol. The van der Waals surface area contributed by atoms with E-state index >= 15 is 0 Å². The lowest BCUT2D eigenvalue weighted by Crippen LogP contribution is -2.54. The van der Waals surface area contributed by atoms with Gasteiger partial charge in [-0.3, -0.25) is 19.3 Å².